The smallest absolute Gasteiger partial charge is 0.200 e. The zero-order valence-electron chi connectivity index (χ0n) is 43.6. The van der Waals surface area contributed by atoms with Crippen molar-refractivity contribution < 1.29 is 58.5 Å². The fraction of sp³-hybridized carbons (Fsp3) is 0.371. The number of hydrogen-bond acceptors (Lipinski definition) is 12. The molecule has 3 aliphatic carbocycles. The minimum atomic E-state index is -1.94. The summed E-state index contributed by atoms with van der Waals surface area (Å²) >= 11 is 0. The van der Waals surface area contributed by atoms with Crippen LogP contribution in [0.5, 0.6) is 34.5 Å². The number of ketones is 3. The van der Waals surface area contributed by atoms with Crippen LogP contribution in [-0.2, 0) is 48.0 Å². The maximum absolute atomic E-state index is 13.3. The number of phenols is 1. The van der Waals surface area contributed by atoms with E-state index < -0.39 is 39.5 Å². The van der Waals surface area contributed by atoms with Gasteiger partial charge in [0.05, 0.1) is 19.8 Å². The third kappa shape index (κ3) is 6.28. The summed E-state index contributed by atoms with van der Waals surface area (Å²) < 4.78 is 29.6. The normalized spacial score (nSPS) is 33.2. The average Bonchev–Trinajstić information content (AvgIpc) is 4.07. The van der Waals surface area contributed by atoms with E-state index in [4.69, 9.17) is 23.7 Å². The Bertz CT molecular complexity index is 3090. The molecule has 0 amide bonds. The van der Waals surface area contributed by atoms with Crippen LogP contribution in [0, 0.1) is 56.3 Å². The van der Waals surface area contributed by atoms with Gasteiger partial charge in [-0.15, -0.1) is 0 Å². The number of fused-ring (bicyclic) bond motifs is 9. The van der Waals surface area contributed by atoms with Gasteiger partial charge in [-0.25, -0.2) is 0 Å². The van der Waals surface area contributed by atoms with Crippen LogP contribution < -0.4 is 23.7 Å². The highest BCUT2D eigenvalue weighted by molar-refractivity contribution is 5.99. The van der Waals surface area contributed by atoms with Crippen LogP contribution in [0.3, 0.4) is 0 Å². The molecule has 3 fully saturated rings. The predicted molar refractivity (Wildman–Crippen MR) is 276 cm³/mol. The Morgan fingerprint density at radius 1 is 0.446 bits per heavy atom. The van der Waals surface area contributed by atoms with Crippen LogP contribution in [0.25, 0.3) is 0 Å². The van der Waals surface area contributed by atoms with E-state index in [1.807, 2.05) is 140 Å². The highest BCUT2D eigenvalue weighted by Gasteiger charge is 2.77. The zero-order chi connectivity index (χ0) is 53.2. The minimum absolute atomic E-state index is 0.118. The molecule has 12 heteroatoms. The number of benzene rings is 6. The molecule has 0 saturated heterocycles. The van der Waals surface area contributed by atoms with Crippen molar-refractivity contribution in [1.29, 1.82) is 0 Å². The topological polar surface area (TPSA) is 178 Å². The van der Waals surface area contributed by atoms with Crippen molar-refractivity contribution in [2.24, 2.45) is 35.5 Å². The van der Waals surface area contributed by atoms with Gasteiger partial charge in [0.25, 0.3) is 0 Å². The van der Waals surface area contributed by atoms with Gasteiger partial charge in [-0.05, 0) is 103 Å². The summed E-state index contributed by atoms with van der Waals surface area (Å²) in [5, 5.41) is 45.7. The Hall–Kier alpha value is -6.99. The Kier molecular flexibility index (Phi) is 11.8. The molecule has 4 N–H and O–H groups in total. The average molecular weight is 1000 g/mol. The number of hydrogen-bond donors (Lipinski definition) is 4. The lowest BCUT2D eigenvalue weighted by Crippen LogP contribution is -2.51. The number of aryl methyl sites for hydroxylation is 3. The third-order valence-corrected chi connectivity index (χ3v) is 17.8. The highest BCUT2D eigenvalue weighted by atomic mass is 16.5. The molecule has 0 spiro atoms. The van der Waals surface area contributed by atoms with Gasteiger partial charge in [-0.1, -0.05) is 120 Å². The summed E-state index contributed by atoms with van der Waals surface area (Å²) in [5.74, 6) is 0.578. The molecule has 12 atom stereocenters. The molecule has 6 aromatic carbocycles. The molecule has 0 aromatic heterocycles. The summed E-state index contributed by atoms with van der Waals surface area (Å²) in [6.45, 7) is 17.2. The van der Waals surface area contributed by atoms with Crippen molar-refractivity contribution in [2.45, 2.75) is 95.9 Å². The molecule has 384 valence electrons. The maximum Gasteiger partial charge on any atom is 0.200 e. The molecular weight excluding hydrogens is 937 g/mol. The van der Waals surface area contributed by atoms with Gasteiger partial charge in [0.15, 0.2) is 51.0 Å². The van der Waals surface area contributed by atoms with E-state index in [0.717, 1.165) is 33.6 Å². The summed E-state index contributed by atoms with van der Waals surface area (Å²) in [6.07, 6.45) is 0. The SMILES string of the molecule is CC1C(=O)C2(O)c3ccccc3OC2(c2ccccc2)C1C.COc1ccc(C23Oc4cc(C)cc(C)c4C2(O)C(=O)C(C)C3C)cc1.COc1ccc(C23Oc4cc(C)cc(O)c4C2(O)C(=O)C(C)C3C)cc1. The van der Waals surface area contributed by atoms with Crippen LogP contribution in [0.15, 0.2) is 127 Å². The number of aromatic hydroxyl groups is 1. The second-order valence-corrected chi connectivity index (χ2v) is 21.4. The molecule has 74 heavy (non-hydrogen) atoms. The van der Waals surface area contributed by atoms with E-state index in [-0.39, 0.29) is 58.3 Å². The molecule has 3 aliphatic heterocycles. The maximum atomic E-state index is 13.3. The number of phenolic OH excluding ortho intramolecular Hbond substituents is 1. The molecule has 12 nitrogen and oxygen atoms in total. The van der Waals surface area contributed by atoms with Crippen molar-refractivity contribution in [3.63, 3.8) is 0 Å². The molecule has 12 rings (SSSR count). The van der Waals surface area contributed by atoms with Crippen molar-refractivity contribution in [3.05, 3.63) is 177 Å². The Balaban J connectivity index is 0.000000127. The molecular formula is C62H64O12. The standard InChI is InChI=1S/C22H24O4.C21H22O5.C19H18O3/c1-12-10-13(2)19-18(11-12)26-22(16-6-8-17(25-5)9-7-16)15(4)14(3)20(23)21(19,22)24;1-11-9-16(22)18-17(10-11)26-21(14-5-7-15(25-4)8-6-14)13(3)12(2)19(23)20(18,21)24;1-12-13(2)19(14-8-4-3-5-9-14)18(21,17(12)20)15-10-6-7-11-16(15)22-19/h6-11,14-15,24H,1-5H3;5-10,12-13,22,24H,1-4H3;3-13,21H,1-2H3. The molecule has 0 bridgehead atoms. The monoisotopic (exact) mass is 1000 g/mol. The van der Waals surface area contributed by atoms with Gasteiger partial charge in [0.2, 0.25) is 0 Å². The number of carbonyl (C=O) groups excluding carboxylic acids is 3. The second-order valence-electron chi connectivity index (χ2n) is 21.4. The van der Waals surface area contributed by atoms with Crippen molar-refractivity contribution in [2.75, 3.05) is 14.2 Å². The molecule has 12 unspecified atom stereocenters. The van der Waals surface area contributed by atoms with E-state index in [9.17, 15) is 34.8 Å². The van der Waals surface area contributed by atoms with E-state index in [1.54, 1.807) is 63.6 Å². The van der Waals surface area contributed by atoms with E-state index in [0.29, 0.717) is 39.7 Å². The Labute approximate surface area is 431 Å². The summed E-state index contributed by atoms with van der Waals surface area (Å²) in [5.41, 5.74) is -2.31. The number of aliphatic hydroxyl groups is 3. The number of para-hydroxylation sites is 1. The lowest BCUT2D eigenvalue weighted by Gasteiger charge is -2.38. The Morgan fingerprint density at radius 3 is 1.31 bits per heavy atom. The van der Waals surface area contributed by atoms with Crippen molar-refractivity contribution >= 4 is 17.3 Å². The summed E-state index contributed by atoms with van der Waals surface area (Å²) in [7, 11) is 3.19. The first-order chi connectivity index (χ1) is 35.1. The predicted octanol–water partition coefficient (Wildman–Crippen LogP) is 9.70. The molecule has 6 aliphatic rings. The minimum Gasteiger partial charge on any atom is -0.507 e. The van der Waals surface area contributed by atoms with E-state index in [2.05, 4.69) is 0 Å². The van der Waals surface area contributed by atoms with Crippen LogP contribution in [0.2, 0.25) is 0 Å². The largest absolute Gasteiger partial charge is 0.507 e. The molecule has 3 heterocycles. The fourth-order valence-corrected chi connectivity index (χ4v) is 13.7. The van der Waals surface area contributed by atoms with E-state index >= 15 is 0 Å². The third-order valence-electron chi connectivity index (χ3n) is 17.8. The Morgan fingerprint density at radius 2 is 0.824 bits per heavy atom. The van der Waals surface area contributed by atoms with Crippen LogP contribution in [-0.4, -0.2) is 52.0 Å². The van der Waals surface area contributed by atoms with Gasteiger partial charge in [0.1, 0.15) is 34.5 Å². The van der Waals surface area contributed by atoms with Crippen LogP contribution in [0.1, 0.15) is 91.6 Å². The van der Waals surface area contributed by atoms with Crippen LogP contribution in [0.4, 0.5) is 0 Å². The zero-order valence-corrected chi connectivity index (χ0v) is 43.6. The van der Waals surface area contributed by atoms with Crippen LogP contribution >= 0.6 is 0 Å². The second kappa shape index (κ2) is 17.3. The van der Waals surface area contributed by atoms with Gasteiger partial charge in [-0.2, -0.15) is 0 Å². The number of ether oxygens (including phenoxy) is 5. The number of Topliss-reactive ketones (excluding diaryl/α,β-unsaturated/α-hetero) is 3. The highest BCUT2D eigenvalue weighted by Crippen LogP contribution is 2.67. The first-order valence-electron chi connectivity index (χ1n) is 25.3. The fourth-order valence-electron chi connectivity index (χ4n) is 13.7. The quantitative estimate of drug-likeness (QED) is 0.129. The van der Waals surface area contributed by atoms with Gasteiger partial charge < -0.3 is 44.1 Å². The first kappa shape index (κ1) is 50.5. The van der Waals surface area contributed by atoms with Gasteiger partial charge in [0, 0.05) is 46.6 Å². The van der Waals surface area contributed by atoms with E-state index in [1.165, 1.54) is 0 Å². The van der Waals surface area contributed by atoms with Crippen molar-refractivity contribution in [1.82, 2.24) is 0 Å². The number of carbonyl (C=O) groups is 3. The van der Waals surface area contributed by atoms with Crippen molar-refractivity contribution in [3.8, 4) is 34.5 Å². The summed E-state index contributed by atoms with van der Waals surface area (Å²) in [6, 6.07) is 38.8. The number of methoxy groups -OCH3 is 2. The lowest BCUT2D eigenvalue weighted by molar-refractivity contribution is -0.153. The summed E-state index contributed by atoms with van der Waals surface area (Å²) in [4.78, 5) is 39.4. The molecule has 0 radical (unpaired) electrons. The molecule has 3 saturated carbocycles. The van der Waals surface area contributed by atoms with Gasteiger partial charge in [-0.3, -0.25) is 14.4 Å². The first-order valence-corrected chi connectivity index (χ1v) is 25.3. The number of rotatable bonds is 5. The molecule has 6 aromatic rings. The lowest BCUT2D eigenvalue weighted by atomic mass is 9.73. The van der Waals surface area contributed by atoms with Gasteiger partial charge >= 0.3 is 0 Å².